The number of hydroxylamine groups is 1. The monoisotopic (exact) mass is 224 g/mol. The van der Waals surface area contributed by atoms with Gasteiger partial charge in [-0.3, -0.25) is 9.63 Å². The van der Waals surface area contributed by atoms with Crippen molar-refractivity contribution in [2.45, 2.75) is 5.54 Å². The van der Waals surface area contributed by atoms with Crippen LogP contribution in [0.5, 0.6) is 0 Å². The highest BCUT2D eigenvalue weighted by Crippen LogP contribution is 2.42. The van der Waals surface area contributed by atoms with E-state index >= 15 is 0 Å². The van der Waals surface area contributed by atoms with Crippen LogP contribution in [0, 0.1) is 5.92 Å². The highest BCUT2D eigenvalue weighted by molar-refractivity contribution is 7.10. The van der Waals surface area contributed by atoms with Crippen molar-refractivity contribution in [2.75, 3.05) is 20.2 Å². The van der Waals surface area contributed by atoms with E-state index in [-0.39, 0.29) is 11.8 Å². The summed E-state index contributed by atoms with van der Waals surface area (Å²) in [6.07, 6.45) is 0. The average Bonchev–Trinajstić information content (AvgIpc) is 2.86. The number of nitrogens with zero attached hydrogens (tertiary/aromatic N) is 1. The van der Waals surface area contributed by atoms with Crippen LogP contribution >= 0.6 is 11.3 Å². The van der Waals surface area contributed by atoms with E-state index in [4.69, 9.17) is 4.84 Å². The third-order valence-electron chi connectivity index (χ3n) is 3.22. The van der Waals surface area contributed by atoms with Crippen molar-refractivity contribution >= 4 is 17.2 Å². The van der Waals surface area contributed by atoms with Gasteiger partial charge in [-0.15, -0.1) is 11.3 Å². The van der Waals surface area contributed by atoms with Crippen LogP contribution < -0.4 is 5.48 Å². The maximum atomic E-state index is 12.2. The molecule has 0 spiro atoms. The van der Waals surface area contributed by atoms with Crippen LogP contribution in [-0.4, -0.2) is 31.0 Å². The van der Waals surface area contributed by atoms with Crippen molar-refractivity contribution in [2.24, 2.45) is 5.92 Å². The fraction of sp³-hybridized carbons (Fsp3) is 0.500. The predicted molar refractivity (Wildman–Crippen MR) is 56.2 cm³/mol. The van der Waals surface area contributed by atoms with Gasteiger partial charge >= 0.3 is 0 Å². The normalized spacial score (nSPS) is 34.9. The highest BCUT2D eigenvalue weighted by atomic mass is 32.1. The molecule has 0 aromatic carbocycles. The highest BCUT2D eigenvalue weighted by Gasteiger charge is 2.58. The molecule has 0 saturated carbocycles. The minimum atomic E-state index is -0.608. The first kappa shape index (κ1) is 9.33. The Labute approximate surface area is 91.8 Å². The molecule has 80 valence electrons. The maximum absolute atomic E-state index is 12.2. The first-order valence-electron chi connectivity index (χ1n) is 4.93. The molecule has 1 aromatic heterocycles. The summed E-state index contributed by atoms with van der Waals surface area (Å²) in [6.45, 7) is 1.37. The largest absolute Gasteiger partial charge is 0.343 e. The van der Waals surface area contributed by atoms with Gasteiger partial charge in [0.1, 0.15) is 0 Å². The van der Waals surface area contributed by atoms with Crippen molar-refractivity contribution in [3.05, 3.63) is 22.4 Å². The molecule has 1 N–H and O–H groups in total. The molecule has 4 nitrogen and oxygen atoms in total. The number of fused-ring (bicyclic) bond motifs is 1. The van der Waals surface area contributed by atoms with Gasteiger partial charge in [0.25, 0.3) is 5.91 Å². The Morgan fingerprint density at radius 3 is 3.33 bits per heavy atom. The van der Waals surface area contributed by atoms with Gasteiger partial charge in [-0.05, 0) is 11.4 Å². The number of hydrogen-bond acceptors (Lipinski definition) is 4. The maximum Gasteiger partial charge on any atom is 0.250 e. The molecule has 3 rings (SSSR count). The Hall–Kier alpha value is -0.910. The van der Waals surface area contributed by atoms with Crippen molar-refractivity contribution in [1.29, 1.82) is 0 Å². The Morgan fingerprint density at radius 1 is 1.73 bits per heavy atom. The van der Waals surface area contributed by atoms with Gasteiger partial charge in [0, 0.05) is 24.4 Å². The molecule has 0 radical (unpaired) electrons. The van der Waals surface area contributed by atoms with E-state index in [2.05, 4.69) is 5.48 Å². The molecule has 5 heteroatoms. The van der Waals surface area contributed by atoms with Crippen molar-refractivity contribution in [3.8, 4) is 0 Å². The van der Waals surface area contributed by atoms with Crippen molar-refractivity contribution in [3.63, 3.8) is 0 Å². The van der Waals surface area contributed by atoms with Crippen LogP contribution in [0.25, 0.3) is 0 Å². The van der Waals surface area contributed by atoms with Gasteiger partial charge in [0.15, 0.2) is 5.54 Å². The molecule has 2 aliphatic rings. The Balaban J connectivity index is 2.11. The third kappa shape index (κ3) is 1.05. The third-order valence-corrected chi connectivity index (χ3v) is 4.22. The molecular weight excluding hydrogens is 212 g/mol. The number of amides is 1. The molecule has 1 aromatic rings. The molecule has 3 heterocycles. The smallest absolute Gasteiger partial charge is 0.250 e. The van der Waals surface area contributed by atoms with Crippen LogP contribution in [0.3, 0.4) is 0 Å². The van der Waals surface area contributed by atoms with Crippen LogP contribution in [0.15, 0.2) is 17.5 Å². The number of rotatable bonds is 1. The molecule has 0 unspecified atom stereocenters. The summed E-state index contributed by atoms with van der Waals surface area (Å²) in [5.74, 6) is 0.348. The van der Waals surface area contributed by atoms with Crippen molar-refractivity contribution < 1.29 is 9.63 Å². The molecule has 0 aliphatic carbocycles. The number of hydrogen-bond donors (Lipinski definition) is 1. The van der Waals surface area contributed by atoms with Crippen LogP contribution in [0.1, 0.15) is 4.88 Å². The zero-order chi connectivity index (χ0) is 10.5. The fourth-order valence-corrected chi connectivity index (χ4v) is 3.39. The number of likely N-dealkylation sites (tertiary alicyclic amines) is 1. The molecule has 2 aliphatic heterocycles. The zero-order valence-corrected chi connectivity index (χ0v) is 9.21. The molecular formula is C10H12N2O2S. The van der Waals surface area contributed by atoms with E-state index in [0.29, 0.717) is 6.61 Å². The van der Waals surface area contributed by atoms with Crippen LogP contribution in [-0.2, 0) is 15.2 Å². The minimum absolute atomic E-state index is 0.118. The standard InChI is InChI=1S/C10H12N2O2S/c1-12-5-7-6-14-11-10(7,9(12)13)8-3-2-4-15-8/h2-4,7,11H,5-6H2,1H3/t7-,10-/m1/s1. The lowest BCUT2D eigenvalue weighted by Crippen LogP contribution is -2.46. The molecule has 2 saturated heterocycles. The molecule has 1 amide bonds. The second-order valence-electron chi connectivity index (χ2n) is 4.08. The summed E-state index contributed by atoms with van der Waals surface area (Å²) >= 11 is 1.60. The first-order valence-corrected chi connectivity index (χ1v) is 5.81. The molecule has 2 fully saturated rings. The summed E-state index contributed by atoms with van der Waals surface area (Å²) in [4.78, 5) is 20.3. The minimum Gasteiger partial charge on any atom is -0.343 e. The fourth-order valence-electron chi connectivity index (χ4n) is 2.45. The summed E-state index contributed by atoms with van der Waals surface area (Å²) in [5, 5.41) is 1.99. The Bertz CT molecular complexity index is 392. The zero-order valence-electron chi connectivity index (χ0n) is 8.40. The quantitative estimate of drug-likeness (QED) is 0.758. The second kappa shape index (κ2) is 3.04. The van der Waals surface area contributed by atoms with Gasteiger partial charge in [-0.1, -0.05) is 6.07 Å². The average molecular weight is 224 g/mol. The van der Waals surface area contributed by atoms with E-state index in [9.17, 15) is 4.79 Å². The molecule has 15 heavy (non-hydrogen) atoms. The Morgan fingerprint density at radius 2 is 2.60 bits per heavy atom. The van der Waals surface area contributed by atoms with Gasteiger partial charge < -0.3 is 4.90 Å². The van der Waals surface area contributed by atoms with E-state index in [0.717, 1.165) is 11.4 Å². The summed E-state index contributed by atoms with van der Waals surface area (Å²) in [7, 11) is 1.84. The lowest BCUT2D eigenvalue weighted by atomic mass is 9.87. The summed E-state index contributed by atoms with van der Waals surface area (Å²) < 4.78 is 0. The van der Waals surface area contributed by atoms with E-state index < -0.39 is 5.54 Å². The van der Waals surface area contributed by atoms with Crippen LogP contribution in [0.4, 0.5) is 0 Å². The van der Waals surface area contributed by atoms with E-state index in [1.165, 1.54) is 0 Å². The molecule has 0 bridgehead atoms. The van der Waals surface area contributed by atoms with Gasteiger partial charge in [-0.25, -0.2) is 0 Å². The van der Waals surface area contributed by atoms with E-state index in [1.54, 1.807) is 16.2 Å². The van der Waals surface area contributed by atoms with Gasteiger partial charge in [0.2, 0.25) is 0 Å². The Kier molecular flexibility index (Phi) is 1.89. The van der Waals surface area contributed by atoms with Crippen LogP contribution in [0.2, 0.25) is 0 Å². The predicted octanol–water partition coefficient (Wildman–Crippen LogP) is 0.566. The number of likely N-dealkylation sites (N-methyl/N-ethyl adjacent to an activating group) is 1. The number of carbonyl (C=O) groups is 1. The first-order chi connectivity index (χ1) is 7.25. The van der Waals surface area contributed by atoms with Gasteiger partial charge in [0.05, 0.1) is 6.61 Å². The topological polar surface area (TPSA) is 41.6 Å². The van der Waals surface area contributed by atoms with E-state index in [1.807, 2.05) is 24.6 Å². The second-order valence-corrected chi connectivity index (χ2v) is 5.03. The SMILES string of the molecule is CN1C[C@@H]2CON[C@]2(c2cccs2)C1=O. The molecule has 2 atom stereocenters. The summed E-state index contributed by atoms with van der Waals surface area (Å²) in [5.41, 5.74) is 2.33. The number of carbonyl (C=O) groups excluding carboxylic acids is 1. The lowest BCUT2D eigenvalue weighted by Gasteiger charge is -2.23. The summed E-state index contributed by atoms with van der Waals surface area (Å²) in [6, 6.07) is 3.97. The number of nitrogens with one attached hydrogen (secondary N) is 1. The van der Waals surface area contributed by atoms with Gasteiger partial charge in [-0.2, -0.15) is 5.48 Å². The van der Waals surface area contributed by atoms with Crippen molar-refractivity contribution in [1.82, 2.24) is 10.4 Å². The number of thiophene rings is 1. The lowest BCUT2D eigenvalue weighted by molar-refractivity contribution is -0.135.